The zero-order valence-corrected chi connectivity index (χ0v) is 13.7. The van der Waals surface area contributed by atoms with E-state index in [9.17, 15) is 28.4 Å². The van der Waals surface area contributed by atoms with E-state index in [4.69, 9.17) is 0 Å². The minimum Gasteiger partial charge on any atom is -0.480 e. The minimum atomic E-state index is -4.27. The molecule has 0 aliphatic carbocycles. The number of rotatable bonds is 4. The number of halogens is 1. The number of hydrogen-bond donors (Lipinski definition) is 1. The van der Waals surface area contributed by atoms with Gasteiger partial charge in [0.2, 0.25) is 0 Å². The fourth-order valence-electron chi connectivity index (χ4n) is 2.41. The summed E-state index contributed by atoms with van der Waals surface area (Å²) in [6.07, 6.45) is 1.31. The molecule has 1 aliphatic rings. The molecule has 0 spiro atoms. The molecule has 1 fully saturated rings. The number of nitro groups is 1. The third kappa shape index (κ3) is 3.13. The first kappa shape index (κ1) is 16.8. The summed E-state index contributed by atoms with van der Waals surface area (Å²) in [6.45, 7) is 0.0307. The Labute approximate surface area is 135 Å². The third-order valence-electron chi connectivity index (χ3n) is 3.44. The van der Waals surface area contributed by atoms with Gasteiger partial charge in [0.1, 0.15) is 6.04 Å². The number of nitro benzene ring substituents is 1. The first-order chi connectivity index (χ1) is 10.2. The van der Waals surface area contributed by atoms with Gasteiger partial charge in [-0.3, -0.25) is 14.9 Å². The van der Waals surface area contributed by atoms with Crippen molar-refractivity contribution >= 4 is 37.6 Å². The highest BCUT2D eigenvalue weighted by atomic mass is 79.9. The molecule has 120 valence electrons. The van der Waals surface area contributed by atoms with Crippen LogP contribution < -0.4 is 0 Å². The van der Waals surface area contributed by atoms with Crippen molar-refractivity contribution in [2.24, 2.45) is 0 Å². The number of carboxylic acid groups (broad SMARTS) is 1. The summed E-state index contributed by atoms with van der Waals surface area (Å²) >= 11 is 3.08. The number of sulfonamides is 1. The summed E-state index contributed by atoms with van der Waals surface area (Å²) in [5.41, 5.74) is -0.571. The predicted molar refractivity (Wildman–Crippen MR) is 80.0 cm³/mol. The SMILES string of the molecule is O=C(O)C1CCCCN1S(=O)(=O)c1cc(Br)ccc1[N+](=O)[O-]. The molecule has 0 bridgehead atoms. The molecule has 0 aromatic heterocycles. The van der Waals surface area contributed by atoms with Crippen LogP contribution in [-0.2, 0) is 14.8 Å². The Kier molecular flexibility index (Phi) is 4.83. The summed E-state index contributed by atoms with van der Waals surface area (Å²) in [4.78, 5) is 21.1. The van der Waals surface area contributed by atoms with Gasteiger partial charge in [0.05, 0.1) is 4.92 Å². The molecule has 8 nitrogen and oxygen atoms in total. The smallest absolute Gasteiger partial charge is 0.322 e. The van der Waals surface area contributed by atoms with Crippen LogP contribution >= 0.6 is 15.9 Å². The number of hydrogen-bond acceptors (Lipinski definition) is 5. The first-order valence-electron chi connectivity index (χ1n) is 6.43. The maximum Gasteiger partial charge on any atom is 0.322 e. The highest BCUT2D eigenvalue weighted by molar-refractivity contribution is 9.10. The van der Waals surface area contributed by atoms with Gasteiger partial charge in [-0.15, -0.1) is 0 Å². The average Bonchev–Trinajstić information content (AvgIpc) is 2.46. The molecule has 0 radical (unpaired) electrons. The second kappa shape index (κ2) is 6.31. The highest BCUT2D eigenvalue weighted by Gasteiger charge is 2.40. The van der Waals surface area contributed by atoms with E-state index >= 15 is 0 Å². The van der Waals surface area contributed by atoms with Gasteiger partial charge in [-0.2, -0.15) is 4.31 Å². The fourth-order valence-corrected chi connectivity index (χ4v) is 4.76. The standard InChI is InChI=1S/C12H13BrN2O6S/c13-8-4-5-9(15(18)19)11(7-8)22(20,21)14-6-2-1-3-10(14)12(16)17/h4-5,7,10H,1-3,6H2,(H,16,17). The van der Waals surface area contributed by atoms with Crippen molar-refractivity contribution < 1.29 is 23.2 Å². The van der Waals surface area contributed by atoms with Crippen LogP contribution in [0.2, 0.25) is 0 Å². The Morgan fingerprint density at radius 3 is 2.68 bits per heavy atom. The Morgan fingerprint density at radius 1 is 1.41 bits per heavy atom. The monoisotopic (exact) mass is 392 g/mol. The van der Waals surface area contributed by atoms with Crippen molar-refractivity contribution in [1.29, 1.82) is 0 Å². The summed E-state index contributed by atoms with van der Waals surface area (Å²) < 4.78 is 26.6. The number of nitrogens with zero attached hydrogens (tertiary/aromatic N) is 2. The zero-order chi connectivity index (χ0) is 16.5. The molecule has 1 atom stereocenters. The molecular weight excluding hydrogens is 380 g/mol. The average molecular weight is 393 g/mol. The van der Waals surface area contributed by atoms with Crippen LogP contribution in [0, 0.1) is 10.1 Å². The molecule has 1 heterocycles. The van der Waals surface area contributed by atoms with Crippen LogP contribution in [0.25, 0.3) is 0 Å². The van der Waals surface area contributed by atoms with Crippen LogP contribution in [0.5, 0.6) is 0 Å². The first-order valence-corrected chi connectivity index (χ1v) is 8.67. The number of aliphatic carboxylic acids is 1. The van der Waals surface area contributed by atoms with E-state index in [0.29, 0.717) is 17.3 Å². The third-order valence-corrected chi connectivity index (χ3v) is 5.87. The largest absolute Gasteiger partial charge is 0.480 e. The maximum atomic E-state index is 12.7. The summed E-state index contributed by atoms with van der Waals surface area (Å²) in [6, 6.07) is 2.37. The lowest BCUT2D eigenvalue weighted by Gasteiger charge is -2.31. The van der Waals surface area contributed by atoms with Gasteiger partial charge in [-0.05, 0) is 31.4 Å². The second-order valence-corrected chi connectivity index (χ2v) is 7.61. The maximum absolute atomic E-state index is 12.7. The Bertz CT molecular complexity index is 720. The van der Waals surface area contributed by atoms with Crippen molar-refractivity contribution in [3.63, 3.8) is 0 Å². The van der Waals surface area contributed by atoms with Crippen molar-refractivity contribution in [1.82, 2.24) is 4.31 Å². The fraction of sp³-hybridized carbons (Fsp3) is 0.417. The van der Waals surface area contributed by atoms with Gasteiger partial charge in [0.15, 0.2) is 4.90 Å². The van der Waals surface area contributed by atoms with Crippen molar-refractivity contribution in [3.05, 3.63) is 32.8 Å². The normalized spacial score (nSPS) is 19.8. The Balaban J connectivity index is 2.56. The van der Waals surface area contributed by atoms with Gasteiger partial charge in [0, 0.05) is 17.1 Å². The van der Waals surface area contributed by atoms with Crippen molar-refractivity contribution in [3.8, 4) is 0 Å². The van der Waals surface area contributed by atoms with Crippen LogP contribution in [0.15, 0.2) is 27.6 Å². The summed E-state index contributed by atoms with van der Waals surface area (Å²) in [5.74, 6) is -1.25. The van der Waals surface area contributed by atoms with E-state index < -0.39 is 37.5 Å². The molecule has 1 N–H and O–H groups in total. The van der Waals surface area contributed by atoms with Crippen LogP contribution in [0.3, 0.4) is 0 Å². The number of carboxylic acids is 1. The van der Waals surface area contributed by atoms with Gasteiger partial charge in [-0.25, -0.2) is 8.42 Å². The predicted octanol–water partition coefficient (Wildman–Crippen LogP) is 1.99. The van der Waals surface area contributed by atoms with Gasteiger partial charge < -0.3 is 5.11 Å². The molecule has 1 aromatic carbocycles. The van der Waals surface area contributed by atoms with E-state index in [-0.39, 0.29) is 13.0 Å². The lowest BCUT2D eigenvalue weighted by molar-refractivity contribution is -0.387. The van der Waals surface area contributed by atoms with Gasteiger partial charge in [0.25, 0.3) is 15.7 Å². The molecule has 2 rings (SSSR count). The van der Waals surface area contributed by atoms with Crippen molar-refractivity contribution in [2.45, 2.75) is 30.2 Å². The molecule has 0 saturated carbocycles. The molecule has 22 heavy (non-hydrogen) atoms. The molecule has 1 saturated heterocycles. The van der Waals surface area contributed by atoms with E-state index in [1.807, 2.05) is 0 Å². The van der Waals surface area contributed by atoms with Gasteiger partial charge in [-0.1, -0.05) is 15.9 Å². The van der Waals surface area contributed by atoms with E-state index in [2.05, 4.69) is 15.9 Å². The van der Waals surface area contributed by atoms with Crippen LogP contribution in [0.4, 0.5) is 5.69 Å². The Morgan fingerprint density at radius 2 is 2.09 bits per heavy atom. The quantitative estimate of drug-likeness (QED) is 0.618. The molecule has 10 heteroatoms. The van der Waals surface area contributed by atoms with Crippen molar-refractivity contribution in [2.75, 3.05) is 6.54 Å². The summed E-state index contributed by atoms with van der Waals surface area (Å²) in [7, 11) is -4.27. The molecular formula is C12H13BrN2O6S. The minimum absolute atomic E-state index is 0.0307. The topological polar surface area (TPSA) is 118 Å². The zero-order valence-electron chi connectivity index (χ0n) is 11.3. The van der Waals surface area contributed by atoms with Crippen LogP contribution in [0.1, 0.15) is 19.3 Å². The Hall–Kier alpha value is -1.52. The van der Waals surface area contributed by atoms with Crippen LogP contribution in [-0.4, -0.2) is 41.3 Å². The highest BCUT2D eigenvalue weighted by Crippen LogP contribution is 2.32. The molecule has 1 aliphatic heterocycles. The second-order valence-electron chi connectivity index (χ2n) is 4.83. The number of carbonyl (C=O) groups is 1. The van der Waals surface area contributed by atoms with Gasteiger partial charge >= 0.3 is 5.97 Å². The molecule has 1 unspecified atom stereocenters. The van der Waals surface area contributed by atoms with E-state index in [1.54, 1.807) is 0 Å². The number of piperidine rings is 1. The lowest BCUT2D eigenvalue weighted by Crippen LogP contribution is -2.47. The molecule has 0 amide bonds. The van der Waals surface area contributed by atoms with E-state index in [0.717, 1.165) is 16.4 Å². The molecule has 1 aromatic rings. The number of benzene rings is 1. The lowest BCUT2D eigenvalue weighted by atomic mass is 10.1. The summed E-state index contributed by atoms with van der Waals surface area (Å²) in [5, 5.41) is 20.3. The van der Waals surface area contributed by atoms with E-state index in [1.165, 1.54) is 6.07 Å².